The van der Waals surface area contributed by atoms with Crippen LogP contribution in [0.25, 0.3) is 5.65 Å². The molecule has 22 heavy (non-hydrogen) atoms. The summed E-state index contributed by atoms with van der Waals surface area (Å²) in [6.07, 6.45) is 2.60. The van der Waals surface area contributed by atoms with Gasteiger partial charge in [0, 0.05) is 18.0 Å². The van der Waals surface area contributed by atoms with Gasteiger partial charge in [0.25, 0.3) is 5.56 Å². The molecule has 0 unspecified atom stereocenters. The van der Waals surface area contributed by atoms with Crippen LogP contribution in [0.5, 0.6) is 0 Å². The highest BCUT2D eigenvalue weighted by Crippen LogP contribution is 2.12. The molecule has 3 rings (SSSR count). The first-order chi connectivity index (χ1) is 10.7. The number of halogens is 1. The lowest BCUT2D eigenvalue weighted by Crippen LogP contribution is -2.16. The third kappa shape index (κ3) is 3.12. The summed E-state index contributed by atoms with van der Waals surface area (Å²) in [7, 11) is 0. The molecule has 112 valence electrons. The maximum Gasteiger partial charge on any atom is 0.258 e. The molecule has 4 nitrogen and oxygen atoms in total. The van der Waals surface area contributed by atoms with Gasteiger partial charge in [-0.05, 0) is 36.2 Å². The monoisotopic (exact) mass is 313 g/mol. The molecule has 2 heterocycles. The number of aryl methyl sites for hydroxylation is 1. The molecule has 0 aliphatic rings. The Morgan fingerprint density at radius 2 is 1.95 bits per heavy atom. The maximum atomic E-state index is 12.1. The molecule has 0 radical (unpaired) electrons. The van der Waals surface area contributed by atoms with Crippen LogP contribution in [0.2, 0.25) is 5.02 Å². The molecule has 1 N–H and O–H groups in total. The van der Waals surface area contributed by atoms with Crippen molar-refractivity contribution < 1.29 is 0 Å². The number of aromatic nitrogens is 2. The van der Waals surface area contributed by atoms with Crippen LogP contribution in [0.15, 0.2) is 53.5 Å². The van der Waals surface area contributed by atoms with E-state index in [0.29, 0.717) is 22.9 Å². The predicted octanol–water partition coefficient (Wildman–Crippen LogP) is 3.52. The number of rotatable bonds is 4. The van der Waals surface area contributed by atoms with Crippen molar-refractivity contribution >= 4 is 22.9 Å². The second-order valence-corrected chi connectivity index (χ2v) is 5.50. The van der Waals surface area contributed by atoms with E-state index < -0.39 is 0 Å². The van der Waals surface area contributed by atoms with Crippen molar-refractivity contribution in [2.45, 2.75) is 19.9 Å². The highest BCUT2D eigenvalue weighted by atomic mass is 35.5. The van der Waals surface area contributed by atoms with E-state index in [1.54, 1.807) is 18.3 Å². The molecule has 5 heteroatoms. The SMILES string of the molecule is CCc1ccc(NCc2cc(=O)n3cc(Cl)ccc3n2)cc1. The molecule has 0 aliphatic carbocycles. The Labute approximate surface area is 133 Å². The van der Waals surface area contributed by atoms with Crippen LogP contribution in [0, 0.1) is 0 Å². The number of benzene rings is 1. The van der Waals surface area contributed by atoms with Crippen LogP contribution in [0.4, 0.5) is 5.69 Å². The molecule has 0 atom stereocenters. The summed E-state index contributed by atoms with van der Waals surface area (Å²) in [5.41, 5.74) is 3.47. The van der Waals surface area contributed by atoms with Gasteiger partial charge in [-0.1, -0.05) is 30.7 Å². The van der Waals surface area contributed by atoms with Crippen molar-refractivity contribution in [1.82, 2.24) is 9.38 Å². The largest absolute Gasteiger partial charge is 0.379 e. The van der Waals surface area contributed by atoms with Gasteiger partial charge in [0.2, 0.25) is 0 Å². The van der Waals surface area contributed by atoms with Crippen LogP contribution in [-0.4, -0.2) is 9.38 Å². The van der Waals surface area contributed by atoms with Gasteiger partial charge in [0.1, 0.15) is 5.65 Å². The minimum absolute atomic E-state index is 0.134. The number of nitrogens with one attached hydrogen (secondary N) is 1. The average Bonchev–Trinajstić information content (AvgIpc) is 2.54. The molecule has 0 bridgehead atoms. The standard InChI is InChI=1S/C17H16ClN3O/c1-2-12-3-6-14(7-4-12)19-10-15-9-17(22)21-11-13(18)5-8-16(21)20-15/h3-9,11,19H,2,10H2,1H3. The summed E-state index contributed by atoms with van der Waals surface area (Å²) in [6.45, 7) is 2.63. The lowest BCUT2D eigenvalue weighted by atomic mass is 10.1. The normalized spacial score (nSPS) is 10.8. The van der Waals surface area contributed by atoms with Crippen LogP contribution in [0.1, 0.15) is 18.2 Å². The van der Waals surface area contributed by atoms with Crippen molar-refractivity contribution in [2.24, 2.45) is 0 Å². The second-order valence-electron chi connectivity index (χ2n) is 5.07. The second kappa shape index (κ2) is 6.20. The van der Waals surface area contributed by atoms with Gasteiger partial charge >= 0.3 is 0 Å². The average molecular weight is 314 g/mol. The Morgan fingerprint density at radius 3 is 2.68 bits per heavy atom. The van der Waals surface area contributed by atoms with Gasteiger partial charge in [-0.25, -0.2) is 4.98 Å². The molecule has 0 amide bonds. The molecule has 0 spiro atoms. The van der Waals surface area contributed by atoms with E-state index in [0.717, 1.165) is 12.1 Å². The fourth-order valence-corrected chi connectivity index (χ4v) is 2.43. The van der Waals surface area contributed by atoms with Gasteiger partial charge in [0.05, 0.1) is 17.3 Å². The first-order valence-electron chi connectivity index (χ1n) is 7.16. The lowest BCUT2D eigenvalue weighted by Gasteiger charge is -2.08. The van der Waals surface area contributed by atoms with Gasteiger partial charge < -0.3 is 5.32 Å². The van der Waals surface area contributed by atoms with E-state index in [2.05, 4.69) is 29.4 Å². The Morgan fingerprint density at radius 1 is 1.18 bits per heavy atom. The minimum atomic E-state index is -0.134. The summed E-state index contributed by atoms with van der Waals surface area (Å²) >= 11 is 5.90. The quantitative estimate of drug-likeness (QED) is 0.801. The zero-order valence-electron chi connectivity index (χ0n) is 12.2. The van der Waals surface area contributed by atoms with Crippen molar-refractivity contribution in [3.05, 3.63) is 75.3 Å². The van der Waals surface area contributed by atoms with Crippen LogP contribution >= 0.6 is 11.6 Å². The Balaban J connectivity index is 1.81. The number of nitrogens with zero attached hydrogens (tertiary/aromatic N) is 2. The third-order valence-corrected chi connectivity index (χ3v) is 3.74. The topological polar surface area (TPSA) is 46.4 Å². The molecule has 0 saturated heterocycles. The molecular weight excluding hydrogens is 298 g/mol. The zero-order valence-corrected chi connectivity index (χ0v) is 13.0. The lowest BCUT2D eigenvalue weighted by molar-refractivity contribution is 0.971. The van der Waals surface area contributed by atoms with Crippen molar-refractivity contribution in [2.75, 3.05) is 5.32 Å². The van der Waals surface area contributed by atoms with Crippen molar-refractivity contribution in [3.63, 3.8) is 0 Å². The minimum Gasteiger partial charge on any atom is -0.379 e. The number of hydrogen-bond acceptors (Lipinski definition) is 3. The van der Waals surface area contributed by atoms with Gasteiger partial charge in [0.15, 0.2) is 0 Å². The molecular formula is C17H16ClN3O. The predicted molar refractivity (Wildman–Crippen MR) is 89.6 cm³/mol. The third-order valence-electron chi connectivity index (χ3n) is 3.51. The highest BCUT2D eigenvalue weighted by Gasteiger charge is 2.03. The van der Waals surface area contributed by atoms with E-state index in [1.807, 2.05) is 12.1 Å². The van der Waals surface area contributed by atoms with E-state index in [1.165, 1.54) is 16.0 Å². The van der Waals surface area contributed by atoms with E-state index in [4.69, 9.17) is 11.6 Å². The number of hydrogen-bond donors (Lipinski definition) is 1. The molecule has 0 fully saturated rings. The van der Waals surface area contributed by atoms with Crippen molar-refractivity contribution in [3.8, 4) is 0 Å². The van der Waals surface area contributed by atoms with Gasteiger partial charge in [-0.2, -0.15) is 0 Å². The smallest absolute Gasteiger partial charge is 0.258 e. The Hall–Kier alpha value is -2.33. The number of fused-ring (bicyclic) bond motifs is 1. The van der Waals surface area contributed by atoms with Gasteiger partial charge in [-0.15, -0.1) is 0 Å². The van der Waals surface area contributed by atoms with Crippen LogP contribution in [-0.2, 0) is 13.0 Å². The first-order valence-corrected chi connectivity index (χ1v) is 7.54. The molecule has 0 saturated carbocycles. The van der Waals surface area contributed by atoms with E-state index in [-0.39, 0.29) is 5.56 Å². The van der Waals surface area contributed by atoms with E-state index >= 15 is 0 Å². The Kier molecular flexibility index (Phi) is 4.11. The fourth-order valence-electron chi connectivity index (χ4n) is 2.27. The number of anilines is 1. The highest BCUT2D eigenvalue weighted by molar-refractivity contribution is 6.30. The van der Waals surface area contributed by atoms with Gasteiger partial charge in [-0.3, -0.25) is 9.20 Å². The zero-order chi connectivity index (χ0) is 15.5. The molecule has 1 aromatic carbocycles. The summed E-state index contributed by atoms with van der Waals surface area (Å²) in [5, 5.41) is 3.79. The van der Waals surface area contributed by atoms with Crippen LogP contribution in [0.3, 0.4) is 0 Å². The fraction of sp³-hybridized carbons (Fsp3) is 0.176. The van der Waals surface area contributed by atoms with Crippen LogP contribution < -0.4 is 10.9 Å². The maximum absolute atomic E-state index is 12.1. The first kappa shape index (κ1) is 14.6. The summed E-state index contributed by atoms with van der Waals surface area (Å²) < 4.78 is 1.45. The number of pyridine rings is 1. The molecule has 0 aliphatic heterocycles. The van der Waals surface area contributed by atoms with Crippen molar-refractivity contribution in [1.29, 1.82) is 0 Å². The van der Waals surface area contributed by atoms with E-state index in [9.17, 15) is 4.79 Å². The Bertz CT molecular complexity index is 856. The summed E-state index contributed by atoms with van der Waals surface area (Å²) in [4.78, 5) is 16.6. The molecule has 2 aromatic heterocycles. The summed E-state index contributed by atoms with van der Waals surface area (Å²) in [5.74, 6) is 0. The summed E-state index contributed by atoms with van der Waals surface area (Å²) in [6, 6.07) is 13.2. The molecule has 3 aromatic rings.